The fourth-order valence-corrected chi connectivity index (χ4v) is 2.03. The fourth-order valence-electron chi connectivity index (χ4n) is 2.03. The van der Waals surface area contributed by atoms with Crippen molar-refractivity contribution in [3.8, 4) is 5.75 Å². The second-order valence-corrected chi connectivity index (χ2v) is 4.15. The Labute approximate surface area is 102 Å². The highest BCUT2D eigenvalue weighted by Gasteiger charge is 2.32. The van der Waals surface area contributed by atoms with Crippen LogP contribution in [-0.2, 0) is 0 Å². The molecule has 0 spiro atoms. The number of hydrogen-bond donors (Lipinski definition) is 2. The molecule has 0 saturated heterocycles. The van der Waals surface area contributed by atoms with E-state index in [-0.39, 0.29) is 11.3 Å². The van der Waals surface area contributed by atoms with E-state index in [0.29, 0.717) is 5.39 Å². The minimum Gasteiger partial charge on any atom is -0.508 e. The molecule has 2 rings (SSSR count). The third kappa shape index (κ3) is 2.56. The van der Waals surface area contributed by atoms with E-state index >= 15 is 0 Å². The molecule has 0 aliphatic heterocycles. The molecule has 5 heteroatoms. The van der Waals surface area contributed by atoms with Crippen molar-refractivity contribution in [1.82, 2.24) is 0 Å². The topological polar surface area (TPSA) is 46.2 Å². The first-order valence-corrected chi connectivity index (χ1v) is 5.41. The highest BCUT2D eigenvalue weighted by atomic mass is 19.4. The molecular formula is C13H12F3NO. The van der Waals surface area contributed by atoms with E-state index < -0.39 is 18.6 Å². The molecule has 0 fully saturated rings. The van der Waals surface area contributed by atoms with E-state index in [2.05, 4.69) is 0 Å². The summed E-state index contributed by atoms with van der Waals surface area (Å²) in [4.78, 5) is 0. The van der Waals surface area contributed by atoms with Crippen LogP contribution in [0.15, 0.2) is 36.4 Å². The smallest absolute Gasteiger partial charge is 0.390 e. The van der Waals surface area contributed by atoms with E-state index in [1.165, 1.54) is 6.07 Å². The van der Waals surface area contributed by atoms with E-state index in [0.717, 1.165) is 5.39 Å². The average Bonchev–Trinajstić information content (AvgIpc) is 2.26. The van der Waals surface area contributed by atoms with Crippen LogP contribution < -0.4 is 5.73 Å². The van der Waals surface area contributed by atoms with Crippen molar-refractivity contribution in [1.29, 1.82) is 0 Å². The van der Waals surface area contributed by atoms with E-state index in [1.807, 2.05) is 0 Å². The number of phenols is 1. The van der Waals surface area contributed by atoms with Gasteiger partial charge >= 0.3 is 6.18 Å². The number of nitrogens with two attached hydrogens (primary N) is 1. The quantitative estimate of drug-likeness (QED) is 0.862. The minimum absolute atomic E-state index is 0.144. The summed E-state index contributed by atoms with van der Waals surface area (Å²) in [6.07, 6.45) is -5.52. The molecule has 96 valence electrons. The summed E-state index contributed by atoms with van der Waals surface area (Å²) >= 11 is 0. The minimum atomic E-state index is -4.36. The van der Waals surface area contributed by atoms with Crippen molar-refractivity contribution in [3.05, 3.63) is 42.0 Å². The number of aromatic hydroxyl groups is 1. The van der Waals surface area contributed by atoms with Crippen molar-refractivity contribution >= 4 is 10.8 Å². The molecule has 0 heterocycles. The third-order valence-electron chi connectivity index (χ3n) is 2.77. The summed E-state index contributed by atoms with van der Waals surface area (Å²) < 4.78 is 37.1. The van der Waals surface area contributed by atoms with Gasteiger partial charge in [0.25, 0.3) is 0 Å². The van der Waals surface area contributed by atoms with Crippen LogP contribution in [0.2, 0.25) is 0 Å². The van der Waals surface area contributed by atoms with Gasteiger partial charge in [-0.3, -0.25) is 0 Å². The zero-order chi connectivity index (χ0) is 13.3. The monoisotopic (exact) mass is 255 g/mol. The van der Waals surface area contributed by atoms with Crippen LogP contribution in [0, 0.1) is 0 Å². The Bertz CT molecular complexity index is 566. The Morgan fingerprint density at radius 1 is 1.11 bits per heavy atom. The molecule has 3 N–H and O–H groups in total. The molecule has 2 nitrogen and oxygen atoms in total. The van der Waals surface area contributed by atoms with Crippen molar-refractivity contribution in [2.75, 3.05) is 0 Å². The fraction of sp³-hybridized carbons (Fsp3) is 0.231. The largest absolute Gasteiger partial charge is 0.508 e. The molecule has 0 radical (unpaired) electrons. The predicted molar refractivity (Wildman–Crippen MR) is 63.2 cm³/mol. The van der Waals surface area contributed by atoms with Gasteiger partial charge in [-0.25, -0.2) is 0 Å². The zero-order valence-electron chi connectivity index (χ0n) is 9.41. The maximum atomic E-state index is 12.4. The van der Waals surface area contributed by atoms with Crippen LogP contribution in [0.1, 0.15) is 18.0 Å². The number of halogens is 3. The van der Waals surface area contributed by atoms with Gasteiger partial charge in [-0.05, 0) is 16.8 Å². The third-order valence-corrected chi connectivity index (χ3v) is 2.77. The number of alkyl halides is 3. The Kier molecular flexibility index (Phi) is 3.17. The molecular weight excluding hydrogens is 243 g/mol. The normalized spacial score (nSPS) is 13.8. The van der Waals surface area contributed by atoms with Gasteiger partial charge in [0.05, 0.1) is 6.42 Å². The average molecular weight is 255 g/mol. The number of hydrogen-bond acceptors (Lipinski definition) is 2. The van der Waals surface area contributed by atoms with Crippen molar-refractivity contribution in [2.24, 2.45) is 5.73 Å². The Hall–Kier alpha value is -1.75. The molecule has 1 atom stereocenters. The van der Waals surface area contributed by atoms with Gasteiger partial charge in [0.1, 0.15) is 5.75 Å². The van der Waals surface area contributed by atoms with Gasteiger partial charge in [-0.1, -0.05) is 30.3 Å². The standard InChI is InChI=1S/C13H12F3NO/c14-13(15,16)7-10(17)12-9-4-2-1-3-8(9)5-6-11(12)18/h1-6,10,18H,7,17H2/t10-/m1/s1. The van der Waals surface area contributed by atoms with Gasteiger partial charge in [0.2, 0.25) is 0 Å². The maximum Gasteiger partial charge on any atom is 0.390 e. The molecule has 2 aromatic rings. The number of fused-ring (bicyclic) bond motifs is 1. The second kappa shape index (κ2) is 4.49. The molecule has 0 amide bonds. The summed E-state index contributed by atoms with van der Waals surface area (Å²) in [5, 5.41) is 11.0. The van der Waals surface area contributed by atoms with Crippen LogP contribution in [0.5, 0.6) is 5.75 Å². The SMILES string of the molecule is N[C@H](CC(F)(F)F)c1c(O)ccc2ccccc12. The van der Waals surface area contributed by atoms with Crippen LogP contribution in [0.25, 0.3) is 10.8 Å². The number of phenolic OH excluding ortho intramolecular Hbond substituents is 1. The highest BCUT2D eigenvalue weighted by Crippen LogP contribution is 2.36. The lowest BCUT2D eigenvalue weighted by Gasteiger charge is -2.17. The molecule has 0 saturated carbocycles. The molecule has 0 aliphatic rings. The second-order valence-electron chi connectivity index (χ2n) is 4.15. The number of benzene rings is 2. The van der Waals surface area contributed by atoms with Crippen LogP contribution in [0.4, 0.5) is 13.2 Å². The van der Waals surface area contributed by atoms with E-state index in [4.69, 9.17) is 5.73 Å². The van der Waals surface area contributed by atoms with Crippen molar-refractivity contribution in [3.63, 3.8) is 0 Å². The first kappa shape index (κ1) is 12.7. The Balaban J connectivity index is 2.52. The van der Waals surface area contributed by atoms with Crippen LogP contribution in [-0.4, -0.2) is 11.3 Å². The summed E-state index contributed by atoms with van der Waals surface area (Å²) in [7, 11) is 0. The Morgan fingerprint density at radius 2 is 1.78 bits per heavy atom. The Morgan fingerprint density at radius 3 is 2.44 bits per heavy atom. The van der Waals surface area contributed by atoms with Gasteiger partial charge in [0, 0.05) is 11.6 Å². The summed E-state index contributed by atoms with van der Waals surface area (Å²) in [6.45, 7) is 0. The lowest BCUT2D eigenvalue weighted by Crippen LogP contribution is -2.20. The van der Waals surface area contributed by atoms with Gasteiger partial charge in [-0.15, -0.1) is 0 Å². The summed E-state index contributed by atoms with van der Waals surface area (Å²) in [5.74, 6) is -0.203. The summed E-state index contributed by atoms with van der Waals surface area (Å²) in [5.41, 5.74) is 5.71. The molecule has 2 aromatic carbocycles. The molecule has 0 bridgehead atoms. The van der Waals surface area contributed by atoms with Gasteiger partial charge in [0.15, 0.2) is 0 Å². The van der Waals surface area contributed by atoms with E-state index in [1.54, 1.807) is 30.3 Å². The summed E-state index contributed by atoms with van der Waals surface area (Å²) in [6, 6.07) is 8.64. The maximum absolute atomic E-state index is 12.4. The lowest BCUT2D eigenvalue weighted by molar-refractivity contribution is -0.138. The van der Waals surface area contributed by atoms with E-state index in [9.17, 15) is 18.3 Å². The number of rotatable bonds is 2. The first-order valence-electron chi connectivity index (χ1n) is 5.41. The predicted octanol–water partition coefficient (Wildman–Crippen LogP) is 3.50. The zero-order valence-corrected chi connectivity index (χ0v) is 9.41. The van der Waals surface area contributed by atoms with Gasteiger partial charge < -0.3 is 10.8 Å². The molecule has 0 unspecified atom stereocenters. The molecule has 0 aromatic heterocycles. The lowest BCUT2D eigenvalue weighted by atomic mass is 9.96. The van der Waals surface area contributed by atoms with Gasteiger partial charge in [-0.2, -0.15) is 13.2 Å². The van der Waals surface area contributed by atoms with Crippen molar-refractivity contribution in [2.45, 2.75) is 18.6 Å². The molecule has 18 heavy (non-hydrogen) atoms. The molecule has 0 aliphatic carbocycles. The van der Waals surface area contributed by atoms with Crippen LogP contribution in [0.3, 0.4) is 0 Å². The highest BCUT2D eigenvalue weighted by molar-refractivity contribution is 5.88. The van der Waals surface area contributed by atoms with Crippen molar-refractivity contribution < 1.29 is 18.3 Å². The van der Waals surface area contributed by atoms with Crippen LogP contribution >= 0.6 is 0 Å². The first-order chi connectivity index (χ1) is 8.38.